The number of amides is 1. The summed E-state index contributed by atoms with van der Waals surface area (Å²) >= 11 is 0. The lowest BCUT2D eigenvalue weighted by Crippen LogP contribution is -2.16. The van der Waals surface area contributed by atoms with Crippen LogP contribution in [0.15, 0.2) is 60.4 Å². The molecule has 0 aliphatic heterocycles. The second-order valence-corrected chi connectivity index (χ2v) is 5.35. The fourth-order valence-corrected chi connectivity index (χ4v) is 2.10. The third-order valence-corrected chi connectivity index (χ3v) is 3.49. The number of allylic oxidation sites excluding steroid dienone is 3. The lowest BCUT2D eigenvalue weighted by Gasteiger charge is -2.06. The monoisotopic (exact) mass is 345 g/mol. The number of aryl methyl sites for hydroxylation is 1. The number of aromatic hydroxyl groups is 1. The van der Waals surface area contributed by atoms with Crippen molar-refractivity contribution in [1.29, 1.82) is 0 Å². The van der Waals surface area contributed by atoms with Gasteiger partial charge >= 0.3 is 0 Å². The fraction of sp³-hybridized carbons (Fsp3) is 0.105. The smallest absolute Gasteiger partial charge is 0.290 e. The molecule has 25 heavy (non-hydrogen) atoms. The van der Waals surface area contributed by atoms with E-state index in [-0.39, 0.29) is 5.75 Å². The number of hydrogen-bond donors (Lipinski definition) is 3. The van der Waals surface area contributed by atoms with Gasteiger partial charge in [-0.2, -0.15) is 0 Å². The Labute approximate surface area is 143 Å². The number of phenolic OH excluding ortho intramolecular Hbond substituents is 1. The summed E-state index contributed by atoms with van der Waals surface area (Å²) < 4.78 is 26.9. The van der Waals surface area contributed by atoms with E-state index >= 15 is 0 Å². The highest BCUT2D eigenvalue weighted by Gasteiger charge is 2.14. The summed E-state index contributed by atoms with van der Waals surface area (Å²) in [6, 6.07) is 8.15. The Bertz CT molecular complexity index is 824. The zero-order valence-corrected chi connectivity index (χ0v) is 13.5. The first-order valence-electron chi connectivity index (χ1n) is 7.48. The van der Waals surface area contributed by atoms with Crippen molar-refractivity contribution in [3.63, 3.8) is 0 Å². The van der Waals surface area contributed by atoms with Gasteiger partial charge in [-0.05, 0) is 54.8 Å². The predicted molar refractivity (Wildman–Crippen MR) is 91.4 cm³/mol. The predicted octanol–water partition coefficient (Wildman–Crippen LogP) is 4.16. The van der Waals surface area contributed by atoms with Crippen LogP contribution in [0.5, 0.6) is 5.75 Å². The van der Waals surface area contributed by atoms with Crippen LogP contribution in [0.1, 0.15) is 11.1 Å². The van der Waals surface area contributed by atoms with Crippen LogP contribution in [-0.4, -0.2) is 16.1 Å². The summed E-state index contributed by atoms with van der Waals surface area (Å²) in [6.07, 6.45) is 4.71. The number of para-hydroxylation sites is 1. The van der Waals surface area contributed by atoms with Crippen molar-refractivity contribution >= 4 is 11.6 Å². The second-order valence-electron chi connectivity index (χ2n) is 5.35. The van der Waals surface area contributed by atoms with Gasteiger partial charge in [-0.15, -0.1) is 0 Å². The Hall–Kier alpha value is -3.15. The first-order valence-corrected chi connectivity index (χ1v) is 7.48. The maximum absolute atomic E-state index is 13.4. The average molecular weight is 345 g/mol. The maximum Gasteiger partial charge on any atom is 0.290 e. The number of nitrogens with one attached hydrogen (secondary N) is 1. The Kier molecular flexibility index (Phi) is 5.89. The van der Waals surface area contributed by atoms with Crippen LogP contribution in [0.2, 0.25) is 0 Å². The number of hydrogen-bond acceptors (Lipinski definition) is 3. The Balaban J connectivity index is 2.00. The van der Waals surface area contributed by atoms with E-state index in [9.17, 15) is 23.8 Å². The first-order chi connectivity index (χ1) is 11.9. The van der Waals surface area contributed by atoms with E-state index in [0.717, 1.165) is 29.3 Å². The minimum Gasteiger partial charge on any atom is -0.508 e. The van der Waals surface area contributed by atoms with Crippen molar-refractivity contribution in [2.24, 2.45) is 0 Å². The van der Waals surface area contributed by atoms with Gasteiger partial charge in [-0.1, -0.05) is 24.3 Å². The minimum absolute atomic E-state index is 0.152. The van der Waals surface area contributed by atoms with E-state index in [1.165, 1.54) is 12.1 Å². The van der Waals surface area contributed by atoms with Gasteiger partial charge in [-0.25, -0.2) is 8.78 Å². The van der Waals surface area contributed by atoms with Crippen molar-refractivity contribution in [3.05, 3.63) is 83.1 Å². The van der Waals surface area contributed by atoms with Gasteiger partial charge in [0.25, 0.3) is 5.91 Å². The molecule has 0 aliphatic carbocycles. The summed E-state index contributed by atoms with van der Waals surface area (Å²) in [5, 5.41) is 21.1. The van der Waals surface area contributed by atoms with Crippen molar-refractivity contribution in [2.45, 2.75) is 13.3 Å². The van der Waals surface area contributed by atoms with E-state index in [1.54, 1.807) is 24.3 Å². The minimum atomic E-state index is -1.03. The number of aliphatic hydroxyl groups excluding tert-OH is 1. The molecule has 2 rings (SSSR count). The zero-order valence-electron chi connectivity index (χ0n) is 13.5. The molecule has 130 valence electrons. The third-order valence-electron chi connectivity index (χ3n) is 3.49. The molecular weight excluding hydrogens is 328 g/mol. The molecule has 0 atom stereocenters. The molecule has 2 aromatic carbocycles. The lowest BCUT2D eigenvalue weighted by molar-refractivity contribution is -0.115. The molecular formula is C19H17F2NO3. The Morgan fingerprint density at radius 2 is 1.88 bits per heavy atom. The topological polar surface area (TPSA) is 69.6 Å². The number of aliphatic hydroxyl groups is 1. The van der Waals surface area contributed by atoms with E-state index < -0.39 is 29.0 Å². The Morgan fingerprint density at radius 1 is 1.20 bits per heavy atom. The van der Waals surface area contributed by atoms with Crippen LogP contribution >= 0.6 is 0 Å². The average Bonchev–Trinajstić information content (AvgIpc) is 2.57. The number of phenols is 1. The van der Waals surface area contributed by atoms with Gasteiger partial charge in [0.05, 0.1) is 0 Å². The highest BCUT2D eigenvalue weighted by Crippen LogP contribution is 2.19. The largest absolute Gasteiger partial charge is 0.508 e. The highest BCUT2D eigenvalue weighted by atomic mass is 19.1. The van der Waals surface area contributed by atoms with Gasteiger partial charge in [0.1, 0.15) is 23.1 Å². The summed E-state index contributed by atoms with van der Waals surface area (Å²) in [6.45, 7) is 1.90. The van der Waals surface area contributed by atoms with Gasteiger partial charge in [0.15, 0.2) is 5.76 Å². The van der Waals surface area contributed by atoms with E-state index in [2.05, 4.69) is 0 Å². The zero-order chi connectivity index (χ0) is 18.4. The van der Waals surface area contributed by atoms with Crippen molar-refractivity contribution in [2.75, 3.05) is 5.32 Å². The van der Waals surface area contributed by atoms with Crippen LogP contribution in [0.3, 0.4) is 0 Å². The number of anilines is 1. The molecule has 0 aliphatic rings. The Morgan fingerprint density at radius 3 is 2.56 bits per heavy atom. The lowest BCUT2D eigenvalue weighted by atomic mass is 10.1. The highest BCUT2D eigenvalue weighted by molar-refractivity contribution is 6.02. The summed E-state index contributed by atoms with van der Waals surface area (Å²) in [7, 11) is 0. The molecule has 0 heterocycles. The number of halogens is 2. The molecule has 0 saturated carbocycles. The molecule has 1 amide bonds. The molecule has 4 nitrogen and oxygen atoms in total. The van der Waals surface area contributed by atoms with E-state index in [4.69, 9.17) is 0 Å². The molecule has 3 N–H and O–H groups in total. The van der Waals surface area contributed by atoms with E-state index in [0.29, 0.717) is 6.42 Å². The molecule has 0 aromatic heterocycles. The number of carbonyl (C=O) groups excluding carboxylic acids is 1. The molecule has 6 heteroatoms. The normalized spacial score (nSPS) is 11.7. The second kappa shape index (κ2) is 8.10. The molecule has 0 saturated heterocycles. The molecule has 0 unspecified atom stereocenters. The number of rotatable bonds is 5. The maximum atomic E-state index is 13.4. The summed E-state index contributed by atoms with van der Waals surface area (Å²) in [4.78, 5) is 11.8. The van der Waals surface area contributed by atoms with Crippen molar-refractivity contribution < 1.29 is 23.8 Å². The van der Waals surface area contributed by atoms with Gasteiger partial charge < -0.3 is 15.5 Å². The van der Waals surface area contributed by atoms with Gasteiger partial charge in [-0.3, -0.25) is 4.79 Å². The molecule has 0 bridgehead atoms. The van der Waals surface area contributed by atoms with Crippen molar-refractivity contribution in [3.8, 4) is 5.75 Å². The molecule has 2 aromatic rings. The first kappa shape index (κ1) is 18.2. The third kappa shape index (κ3) is 4.91. The van der Waals surface area contributed by atoms with Crippen molar-refractivity contribution in [1.82, 2.24) is 0 Å². The number of carbonyl (C=O) groups is 1. The van der Waals surface area contributed by atoms with Gasteiger partial charge in [0.2, 0.25) is 0 Å². The molecule has 0 radical (unpaired) electrons. The SMILES string of the molecule is Cc1ccc(O)cc1C/C=C/C=C(\O)C(=O)Nc1c(F)cccc1F. The molecule has 0 spiro atoms. The van der Waals surface area contributed by atoms with Gasteiger partial charge in [0, 0.05) is 0 Å². The molecule has 0 fully saturated rings. The van der Waals surface area contributed by atoms with Crippen LogP contribution in [0, 0.1) is 18.6 Å². The van der Waals surface area contributed by atoms with Crippen LogP contribution < -0.4 is 5.32 Å². The van der Waals surface area contributed by atoms with Crippen LogP contribution in [-0.2, 0) is 11.2 Å². The standard InChI is InChI=1S/C19H17F2NO3/c1-12-9-10-14(23)11-13(12)5-2-3-8-17(24)19(25)22-18-15(20)6-4-7-16(18)21/h2-4,6-11,23-24H,5H2,1H3,(H,22,25)/b3-2+,17-8-. The number of benzene rings is 2. The summed E-state index contributed by atoms with van der Waals surface area (Å²) in [5.41, 5.74) is 1.26. The fourth-order valence-electron chi connectivity index (χ4n) is 2.10. The van der Waals surface area contributed by atoms with Crippen LogP contribution in [0.25, 0.3) is 0 Å². The summed E-state index contributed by atoms with van der Waals surface area (Å²) in [5.74, 6) is -3.43. The van der Waals surface area contributed by atoms with Crippen LogP contribution in [0.4, 0.5) is 14.5 Å². The van der Waals surface area contributed by atoms with E-state index in [1.807, 2.05) is 12.2 Å². The quantitative estimate of drug-likeness (QED) is 0.433.